The monoisotopic (exact) mass is 295 g/mol. The Morgan fingerprint density at radius 2 is 1.95 bits per heavy atom. The molecule has 0 amide bonds. The molecule has 1 unspecified atom stereocenters. The molecule has 1 fully saturated rings. The zero-order valence-electron chi connectivity index (χ0n) is 11.9. The molecule has 2 rings (SSSR count). The molecule has 0 heterocycles. The van der Waals surface area contributed by atoms with Crippen LogP contribution < -0.4 is 5.73 Å². The number of phenolic OH excluding ortho intramolecular Hbond substituents is 1. The number of benzene rings is 1. The molecule has 0 bridgehead atoms. The lowest BCUT2D eigenvalue weighted by molar-refractivity contribution is 0.169. The van der Waals surface area contributed by atoms with Gasteiger partial charge in [-0.3, -0.25) is 0 Å². The van der Waals surface area contributed by atoms with Gasteiger partial charge in [0, 0.05) is 10.6 Å². The average Bonchev–Trinajstić information content (AvgIpc) is 2.46. The van der Waals surface area contributed by atoms with Crippen LogP contribution in [0.1, 0.15) is 50.2 Å². The third-order valence-corrected chi connectivity index (χ3v) is 5.16. The summed E-state index contributed by atoms with van der Waals surface area (Å²) < 4.78 is 0. The maximum Gasteiger partial charge on any atom is 0.117 e. The topological polar surface area (TPSA) is 66.5 Å². The Morgan fingerprint density at radius 3 is 2.65 bits per heavy atom. The van der Waals surface area contributed by atoms with Crippen LogP contribution in [0.25, 0.3) is 0 Å². The maximum atomic E-state index is 9.99. The Kier molecular flexibility index (Phi) is 6.20. The summed E-state index contributed by atoms with van der Waals surface area (Å²) in [6, 6.07) is 5.39. The third kappa shape index (κ3) is 4.69. The minimum absolute atomic E-state index is 0.227. The van der Waals surface area contributed by atoms with Crippen molar-refractivity contribution in [1.29, 1.82) is 0 Å². The number of phenols is 1. The zero-order valence-corrected chi connectivity index (χ0v) is 12.7. The molecule has 0 saturated heterocycles. The fourth-order valence-electron chi connectivity index (χ4n) is 2.77. The molecule has 0 spiro atoms. The molecule has 0 radical (unpaired) electrons. The summed E-state index contributed by atoms with van der Waals surface area (Å²) in [5.74, 6) is 2.13. The number of aliphatic hydroxyl groups excluding tert-OH is 1. The van der Waals surface area contributed by atoms with Crippen LogP contribution in [0.3, 0.4) is 0 Å². The maximum absolute atomic E-state index is 9.99. The third-order valence-electron chi connectivity index (χ3n) is 3.95. The SMILES string of the molecule is NCCC(O)c1cc(O)cc(SCC2CCCCC2)c1. The average molecular weight is 295 g/mol. The Labute approximate surface area is 125 Å². The molecule has 0 aliphatic heterocycles. The number of rotatable bonds is 6. The molecule has 4 N–H and O–H groups in total. The van der Waals surface area contributed by atoms with Crippen molar-refractivity contribution in [3.8, 4) is 5.75 Å². The lowest BCUT2D eigenvalue weighted by Crippen LogP contribution is -2.09. The first-order valence-electron chi connectivity index (χ1n) is 7.54. The molecule has 1 atom stereocenters. The lowest BCUT2D eigenvalue weighted by Gasteiger charge is -2.21. The Balaban J connectivity index is 1.96. The summed E-state index contributed by atoms with van der Waals surface area (Å²) in [6.45, 7) is 0.446. The Bertz CT molecular complexity index is 419. The molecule has 1 aliphatic rings. The second-order valence-electron chi connectivity index (χ2n) is 5.67. The summed E-state index contributed by atoms with van der Waals surface area (Å²) >= 11 is 1.79. The highest BCUT2D eigenvalue weighted by Gasteiger charge is 2.15. The lowest BCUT2D eigenvalue weighted by atomic mass is 9.91. The first-order chi connectivity index (χ1) is 9.69. The second-order valence-corrected chi connectivity index (χ2v) is 6.76. The van der Waals surface area contributed by atoms with Crippen molar-refractivity contribution >= 4 is 11.8 Å². The quantitative estimate of drug-likeness (QED) is 0.703. The van der Waals surface area contributed by atoms with E-state index in [-0.39, 0.29) is 5.75 Å². The van der Waals surface area contributed by atoms with E-state index >= 15 is 0 Å². The van der Waals surface area contributed by atoms with E-state index in [9.17, 15) is 10.2 Å². The van der Waals surface area contributed by atoms with Crippen molar-refractivity contribution in [2.75, 3.05) is 12.3 Å². The molecule has 112 valence electrons. The molecular formula is C16H25NO2S. The summed E-state index contributed by atoms with van der Waals surface area (Å²) in [7, 11) is 0. The van der Waals surface area contributed by atoms with Gasteiger partial charge in [0.25, 0.3) is 0 Å². The van der Waals surface area contributed by atoms with Crippen LogP contribution in [0.5, 0.6) is 5.75 Å². The van der Waals surface area contributed by atoms with Gasteiger partial charge in [0.15, 0.2) is 0 Å². The highest BCUT2D eigenvalue weighted by Crippen LogP contribution is 2.33. The molecule has 1 aromatic carbocycles. The number of aliphatic hydroxyl groups is 1. The Hall–Kier alpha value is -0.710. The van der Waals surface area contributed by atoms with Gasteiger partial charge in [0.1, 0.15) is 5.75 Å². The van der Waals surface area contributed by atoms with Gasteiger partial charge in [-0.05, 0) is 55.5 Å². The molecule has 20 heavy (non-hydrogen) atoms. The van der Waals surface area contributed by atoms with Gasteiger partial charge in [0.2, 0.25) is 0 Å². The van der Waals surface area contributed by atoms with E-state index in [4.69, 9.17) is 5.73 Å². The zero-order chi connectivity index (χ0) is 14.4. The van der Waals surface area contributed by atoms with Gasteiger partial charge in [-0.15, -0.1) is 11.8 Å². The second kappa shape index (κ2) is 7.91. The van der Waals surface area contributed by atoms with Crippen molar-refractivity contribution in [3.63, 3.8) is 0 Å². The first kappa shape index (κ1) is 15.7. The van der Waals surface area contributed by atoms with Gasteiger partial charge in [-0.25, -0.2) is 0 Å². The predicted octanol–water partition coefficient (Wildman–Crippen LogP) is 3.45. The standard InChI is InChI=1S/C16H25NO2S/c17-7-6-16(19)13-8-14(18)10-15(9-13)20-11-12-4-2-1-3-5-12/h8-10,12,16,18-19H,1-7,11,17H2. The normalized spacial score (nSPS) is 18.1. The van der Waals surface area contributed by atoms with Gasteiger partial charge in [-0.2, -0.15) is 0 Å². The predicted molar refractivity (Wildman–Crippen MR) is 84.0 cm³/mol. The Morgan fingerprint density at radius 1 is 1.20 bits per heavy atom. The summed E-state index contributed by atoms with van der Waals surface area (Å²) in [5, 5.41) is 19.8. The van der Waals surface area contributed by atoms with Crippen molar-refractivity contribution in [3.05, 3.63) is 23.8 Å². The highest BCUT2D eigenvalue weighted by molar-refractivity contribution is 7.99. The number of hydrogen-bond donors (Lipinski definition) is 3. The molecule has 1 saturated carbocycles. The molecule has 1 aliphatic carbocycles. The van der Waals surface area contributed by atoms with E-state index < -0.39 is 6.10 Å². The van der Waals surface area contributed by atoms with Gasteiger partial charge in [-0.1, -0.05) is 19.3 Å². The van der Waals surface area contributed by atoms with Crippen LogP contribution in [0, 0.1) is 5.92 Å². The van der Waals surface area contributed by atoms with Crippen molar-refractivity contribution in [2.24, 2.45) is 11.7 Å². The molecule has 0 aromatic heterocycles. The summed E-state index contributed by atoms with van der Waals surface area (Å²) in [4.78, 5) is 1.04. The van der Waals surface area contributed by atoms with E-state index in [0.29, 0.717) is 13.0 Å². The smallest absolute Gasteiger partial charge is 0.117 e. The summed E-state index contributed by atoms with van der Waals surface area (Å²) in [5.41, 5.74) is 6.24. The van der Waals surface area contributed by atoms with E-state index in [2.05, 4.69) is 0 Å². The van der Waals surface area contributed by atoms with E-state index in [1.807, 2.05) is 6.07 Å². The number of thioether (sulfide) groups is 1. The van der Waals surface area contributed by atoms with Gasteiger partial charge in [0.05, 0.1) is 6.10 Å². The fourth-order valence-corrected chi connectivity index (χ4v) is 3.96. The van der Waals surface area contributed by atoms with Gasteiger partial charge >= 0.3 is 0 Å². The van der Waals surface area contributed by atoms with Crippen LogP contribution in [0.15, 0.2) is 23.1 Å². The molecule has 4 heteroatoms. The summed E-state index contributed by atoms with van der Waals surface area (Å²) in [6.07, 6.45) is 6.68. The highest BCUT2D eigenvalue weighted by atomic mass is 32.2. The minimum Gasteiger partial charge on any atom is -0.508 e. The number of aromatic hydroxyl groups is 1. The van der Waals surface area contributed by atoms with E-state index in [1.165, 1.54) is 32.1 Å². The van der Waals surface area contributed by atoms with Crippen LogP contribution in [0.4, 0.5) is 0 Å². The minimum atomic E-state index is -0.582. The van der Waals surface area contributed by atoms with Crippen molar-refractivity contribution in [2.45, 2.75) is 49.5 Å². The van der Waals surface area contributed by atoms with Gasteiger partial charge < -0.3 is 15.9 Å². The molecular weight excluding hydrogens is 270 g/mol. The first-order valence-corrected chi connectivity index (χ1v) is 8.52. The largest absolute Gasteiger partial charge is 0.508 e. The molecule has 1 aromatic rings. The van der Waals surface area contributed by atoms with Crippen LogP contribution in [-0.2, 0) is 0 Å². The van der Waals surface area contributed by atoms with Crippen molar-refractivity contribution < 1.29 is 10.2 Å². The number of hydrogen-bond acceptors (Lipinski definition) is 4. The van der Waals surface area contributed by atoms with Crippen LogP contribution in [-0.4, -0.2) is 22.5 Å². The van der Waals surface area contributed by atoms with Crippen LogP contribution in [0.2, 0.25) is 0 Å². The number of nitrogens with two attached hydrogens (primary N) is 1. The fraction of sp³-hybridized carbons (Fsp3) is 0.625. The van der Waals surface area contributed by atoms with Crippen LogP contribution >= 0.6 is 11.8 Å². The molecule has 3 nitrogen and oxygen atoms in total. The van der Waals surface area contributed by atoms with Crippen molar-refractivity contribution in [1.82, 2.24) is 0 Å². The van der Waals surface area contributed by atoms with E-state index in [0.717, 1.165) is 22.1 Å². The van der Waals surface area contributed by atoms with E-state index in [1.54, 1.807) is 23.9 Å².